The Labute approximate surface area is 364 Å². The first kappa shape index (κ1) is 42.9. The molecule has 1 saturated heterocycles. The Morgan fingerprint density at radius 2 is 1.19 bits per heavy atom. The summed E-state index contributed by atoms with van der Waals surface area (Å²) in [7, 11) is 6.31. The van der Waals surface area contributed by atoms with E-state index in [1.807, 2.05) is 17.9 Å². The Morgan fingerprint density at radius 1 is 0.678 bits per heavy atom. The molecule has 1 heterocycles. The number of rotatable bonds is 15. The molecule has 59 heavy (non-hydrogen) atoms. The molecule has 303 valence electrons. The molecule has 0 amide bonds. The number of hydrogen-bond donors (Lipinski definition) is 0. The van der Waals surface area contributed by atoms with Gasteiger partial charge in [-0.05, 0) is 6.92 Å². The predicted octanol–water partition coefficient (Wildman–Crippen LogP) is 10.8. The third-order valence-corrected chi connectivity index (χ3v) is 17.6. The quantitative estimate of drug-likeness (QED) is 0.0973. The van der Waals surface area contributed by atoms with Crippen molar-refractivity contribution in [1.82, 2.24) is 9.80 Å². The fourth-order valence-corrected chi connectivity index (χ4v) is 15.3. The van der Waals surface area contributed by atoms with Gasteiger partial charge in [-0.2, -0.15) is 0 Å². The Morgan fingerprint density at radius 3 is 1.68 bits per heavy atom. The molecule has 5 heteroatoms. The topological polar surface area (TPSA) is 15.7 Å². The van der Waals surface area contributed by atoms with E-state index in [0.717, 1.165) is 38.8 Å². The van der Waals surface area contributed by atoms with E-state index in [1.165, 1.54) is 71.3 Å². The second-order valence-corrected chi connectivity index (χ2v) is 20.4. The van der Waals surface area contributed by atoms with Gasteiger partial charge in [0.15, 0.2) is 0 Å². The van der Waals surface area contributed by atoms with E-state index in [1.54, 1.807) is 0 Å². The summed E-state index contributed by atoms with van der Waals surface area (Å²) >= 11 is 1.86. The second-order valence-electron chi connectivity index (χ2n) is 16.5. The molecular formula is C54H59N2OOsP+. The number of ether oxygens (including phenoxy) is 1. The Hall–Kier alpha value is -4.21. The Kier molecular flexibility index (Phi) is 14.1. The van der Waals surface area contributed by atoms with Gasteiger partial charge in [0.05, 0.1) is 0 Å². The van der Waals surface area contributed by atoms with Crippen LogP contribution in [-0.2, 0) is 28.1 Å². The summed E-state index contributed by atoms with van der Waals surface area (Å²) in [6.07, 6.45) is 13.5. The molecule has 5 aromatic rings. The number of hydrogen-bond acceptors (Lipinski definition) is 3. The summed E-state index contributed by atoms with van der Waals surface area (Å²) < 4.78 is 10.2. The van der Waals surface area contributed by atoms with Gasteiger partial charge in [-0.15, -0.1) is 0 Å². The summed E-state index contributed by atoms with van der Waals surface area (Å²) in [5.74, 6) is 0. The van der Waals surface area contributed by atoms with Crippen molar-refractivity contribution in [3.63, 3.8) is 0 Å². The standard InChI is InChI=1S/C54H59N2OP.Os/c1-8-21-42-28-30-49-50-31-29-44(38-53(50)54(52(49)36-42,32-19-34-55(4)5)33-20-35-56(6)7)51(37-45-40-57-39-43(45)9-2)41(3)58(46-22-13-10-14-23-46,47-24-15-11-16-25-47)48-26-17-12-18-27-48;/h8-18,21-31,36-38H,19-20,32-35,39-40H2,1-2,4-7H3;/q+1;/b21-8+,43-9?,45-37?,51-41?;. The van der Waals surface area contributed by atoms with Crippen molar-refractivity contribution >= 4 is 34.8 Å². The third-order valence-electron chi connectivity index (χ3n) is 12.2. The zero-order valence-corrected chi connectivity index (χ0v) is 39.1. The van der Waals surface area contributed by atoms with Gasteiger partial charge in [-0.25, -0.2) is 0 Å². The van der Waals surface area contributed by atoms with Crippen LogP contribution in [0.4, 0.5) is 0 Å². The van der Waals surface area contributed by atoms with Crippen LogP contribution >= 0.6 is 7.26 Å². The van der Waals surface area contributed by atoms with Crippen molar-refractivity contribution in [2.24, 2.45) is 0 Å². The molecule has 7 rings (SSSR count). The van der Waals surface area contributed by atoms with E-state index < -0.39 is 7.26 Å². The van der Waals surface area contributed by atoms with Gasteiger partial charge in [0.25, 0.3) is 0 Å². The molecule has 0 unspecified atom stereocenters. The molecule has 1 aliphatic heterocycles. The van der Waals surface area contributed by atoms with Crippen LogP contribution in [0.5, 0.6) is 0 Å². The van der Waals surface area contributed by atoms with Gasteiger partial charge in [0.2, 0.25) is 0 Å². The molecule has 5 aromatic carbocycles. The van der Waals surface area contributed by atoms with Crippen molar-refractivity contribution in [3.05, 3.63) is 184 Å². The molecular weight excluding hydrogens is 914 g/mol. The number of allylic oxidation sites excluding steroid dienone is 5. The van der Waals surface area contributed by atoms with Crippen LogP contribution in [0.2, 0.25) is 0 Å². The predicted molar refractivity (Wildman–Crippen MR) is 252 cm³/mol. The molecule has 0 bridgehead atoms. The van der Waals surface area contributed by atoms with Gasteiger partial charge < -0.3 is 0 Å². The minimum absolute atomic E-state index is 0.125. The molecule has 0 saturated carbocycles. The number of nitrogens with zero attached hydrogens (tertiary/aromatic N) is 2. The fraction of sp³-hybridized carbons (Fsp3) is 0.278. The van der Waals surface area contributed by atoms with Crippen LogP contribution in [0, 0.1) is 4.37 Å². The summed E-state index contributed by atoms with van der Waals surface area (Å²) in [6.45, 7) is 7.61. The number of benzene rings is 5. The first-order chi connectivity index (χ1) is 28.8. The van der Waals surface area contributed by atoms with E-state index in [-0.39, 0.29) is 5.41 Å². The Bertz CT molecular complexity index is 2290. The second kappa shape index (κ2) is 19.4. The van der Waals surface area contributed by atoms with Crippen LogP contribution in [0.1, 0.15) is 61.8 Å². The van der Waals surface area contributed by atoms with Crippen molar-refractivity contribution in [3.8, 4) is 15.5 Å². The molecule has 0 spiro atoms. The average molecular weight is 973 g/mol. The SMILES string of the molecule is CC=C1COCC1=CC(=C([C]#[Os])[P+](c1ccccc1)(c1ccccc1)c1ccccc1)c1ccc2c(c1)C(CCCN(C)C)(CCCN(C)C)c1cc(/C=C/C)ccc1-2. The molecule has 3 nitrogen and oxygen atoms in total. The molecule has 0 radical (unpaired) electrons. The van der Waals surface area contributed by atoms with E-state index >= 15 is 0 Å². The van der Waals surface area contributed by atoms with Crippen LogP contribution in [-0.4, -0.2) is 64.3 Å². The molecule has 0 aromatic heterocycles. The van der Waals surface area contributed by atoms with Crippen molar-refractivity contribution < 1.29 is 22.7 Å². The molecule has 1 aliphatic carbocycles. The van der Waals surface area contributed by atoms with Gasteiger partial charge in [0.1, 0.15) is 0 Å². The van der Waals surface area contributed by atoms with Crippen LogP contribution in [0.25, 0.3) is 22.8 Å². The average Bonchev–Trinajstić information content (AvgIpc) is 3.82. The number of fused-ring (bicyclic) bond motifs is 3. The Balaban J connectivity index is 1.59. The van der Waals surface area contributed by atoms with Crippen LogP contribution < -0.4 is 15.9 Å². The van der Waals surface area contributed by atoms with Gasteiger partial charge >= 0.3 is 360 Å². The molecule has 1 fully saturated rings. The minimum atomic E-state index is -2.50. The van der Waals surface area contributed by atoms with Crippen molar-refractivity contribution in [2.75, 3.05) is 54.5 Å². The van der Waals surface area contributed by atoms with Crippen molar-refractivity contribution in [2.45, 2.75) is 44.9 Å². The monoisotopic (exact) mass is 974 g/mol. The normalized spacial score (nSPS) is 16.5. The summed E-state index contributed by atoms with van der Waals surface area (Å²) in [6, 6.07) is 48.4. The van der Waals surface area contributed by atoms with Crippen LogP contribution in [0.3, 0.4) is 0 Å². The van der Waals surface area contributed by atoms with E-state index in [2.05, 4.69) is 208 Å². The van der Waals surface area contributed by atoms with E-state index in [0.29, 0.717) is 13.2 Å². The van der Waals surface area contributed by atoms with Crippen LogP contribution in [0.15, 0.2) is 162 Å². The van der Waals surface area contributed by atoms with Crippen molar-refractivity contribution in [1.29, 1.82) is 0 Å². The third kappa shape index (κ3) is 8.70. The van der Waals surface area contributed by atoms with Gasteiger partial charge in [-0.3, -0.25) is 0 Å². The molecule has 0 atom stereocenters. The summed E-state index contributed by atoms with van der Waals surface area (Å²) in [5.41, 5.74) is 11.8. The first-order valence-corrected chi connectivity index (χ1v) is 24.1. The fourth-order valence-electron chi connectivity index (χ4n) is 9.43. The summed E-state index contributed by atoms with van der Waals surface area (Å²) in [4.78, 5) is 4.68. The first-order valence-electron chi connectivity index (χ1n) is 21.1. The molecule has 0 N–H and O–H groups in total. The van der Waals surface area contributed by atoms with Gasteiger partial charge in [0, 0.05) is 0 Å². The van der Waals surface area contributed by atoms with E-state index in [4.69, 9.17) is 4.74 Å². The summed E-state index contributed by atoms with van der Waals surface area (Å²) in [5, 5.41) is 5.22. The zero-order chi connectivity index (χ0) is 41.4. The zero-order valence-electron chi connectivity index (χ0n) is 35.7. The maximum absolute atomic E-state index is 6.18. The van der Waals surface area contributed by atoms with Gasteiger partial charge in [-0.1, -0.05) is 0 Å². The maximum atomic E-state index is 6.18. The molecule has 2 aliphatic rings. The van der Waals surface area contributed by atoms with E-state index in [9.17, 15) is 0 Å².